The van der Waals surface area contributed by atoms with Crippen LogP contribution in [0.3, 0.4) is 0 Å². The second kappa shape index (κ2) is 6.03. The SMILES string of the molecule is CCN(C(N)=O)C(=O)NCC1=CC=C(F)CC1. The Morgan fingerprint density at radius 1 is 1.47 bits per heavy atom. The first-order chi connectivity index (χ1) is 8.04. The number of allylic oxidation sites excluding steroid dienone is 3. The number of hydrogen-bond donors (Lipinski definition) is 2. The summed E-state index contributed by atoms with van der Waals surface area (Å²) in [6.07, 6.45) is 3.96. The highest BCUT2D eigenvalue weighted by Gasteiger charge is 2.16. The molecule has 6 heteroatoms. The average molecular weight is 241 g/mol. The molecule has 4 amide bonds. The zero-order chi connectivity index (χ0) is 12.8. The Balaban J connectivity index is 2.46. The number of primary amides is 1. The number of carbonyl (C=O) groups is 2. The standard InChI is InChI=1S/C11H16FN3O2/c1-2-15(10(13)16)11(17)14-7-8-3-5-9(12)6-4-8/h3,5H,2,4,6-7H2,1H3,(H2,13,16)(H,14,17). The highest BCUT2D eigenvalue weighted by atomic mass is 19.1. The van der Waals surface area contributed by atoms with Crippen molar-refractivity contribution in [2.75, 3.05) is 13.1 Å². The third-order valence-electron chi connectivity index (χ3n) is 2.48. The molecule has 0 saturated carbocycles. The summed E-state index contributed by atoms with van der Waals surface area (Å²) in [5.41, 5.74) is 5.94. The number of nitrogens with two attached hydrogens (primary N) is 1. The van der Waals surface area contributed by atoms with Crippen molar-refractivity contribution in [3.05, 3.63) is 23.6 Å². The average Bonchev–Trinajstić information content (AvgIpc) is 2.28. The lowest BCUT2D eigenvalue weighted by atomic mass is 10.0. The first kappa shape index (κ1) is 13.2. The van der Waals surface area contributed by atoms with Crippen LogP contribution in [0, 0.1) is 0 Å². The molecular weight excluding hydrogens is 225 g/mol. The molecule has 0 aliphatic heterocycles. The number of imide groups is 1. The van der Waals surface area contributed by atoms with Gasteiger partial charge in [0.1, 0.15) is 5.83 Å². The molecule has 0 saturated heterocycles. The van der Waals surface area contributed by atoms with Crippen molar-refractivity contribution in [2.24, 2.45) is 5.73 Å². The van der Waals surface area contributed by atoms with E-state index < -0.39 is 12.1 Å². The maximum Gasteiger partial charge on any atom is 0.325 e. The predicted molar refractivity (Wildman–Crippen MR) is 61.9 cm³/mol. The molecule has 0 unspecified atom stereocenters. The van der Waals surface area contributed by atoms with Gasteiger partial charge in [0.15, 0.2) is 0 Å². The van der Waals surface area contributed by atoms with Gasteiger partial charge in [-0.3, -0.25) is 0 Å². The zero-order valence-corrected chi connectivity index (χ0v) is 9.70. The van der Waals surface area contributed by atoms with Gasteiger partial charge in [-0.05, 0) is 19.4 Å². The Kier molecular flexibility index (Phi) is 4.68. The van der Waals surface area contributed by atoms with Crippen LogP contribution >= 0.6 is 0 Å². The zero-order valence-electron chi connectivity index (χ0n) is 9.70. The molecule has 1 aliphatic rings. The summed E-state index contributed by atoms with van der Waals surface area (Å²) in [5.74, 6) is -0.160. The van der Waals surface area contributed by atoms with Gasteiger partial charge < -0.3 is 11.1 Å². The molecular formula is C11H16FN3O2. The van der Waals surface area contributed by atoms with E-state index >= 15 is 0 Å². The molecule has 0 aromatic carbocycles. The second-order valence-electron chi connectivity index (χ2n) is 3.68. The summed E-state index contributed by atoms with van der Waals surface area (Å²) in [6.45, 7) is 2.17. The van der Waals surface area contributed by atoms with Crippen LogP contribution in [0.2, 0.25) is 0 Å². The van der Waals surface area contributed by atoms with Crippen molar-refractivity contribution in [3.63, 3.8) is 0 Å². The fraction of sp³-hybridized carbons (Fsp3) is 0.455. The van der Waals surface area contributed by atoms with Crippen LogP contribution in [-0.2, 0) is 0 Å². The first-order valence-corrected chi connectivity index (χ1v) is 5.43. The minimum Gasteiger partial charge on any atom is -0.351 e. The van der Waals surface area contributed by atoms with Crippen molar-refractivity contribution in [2.45, 2.75) is 19.8 Å². The summed E-state index contributed by atoms with van der Waals surface area (Å²) in [7, 11) is 0. The number of nitrogens with one attached hydrogen (secondary N) is 1. The highest BCUT2D eigenvalue weighted by Crippen LogP contribution is 2.18. The van der Waals surface area contributed by atoms with Gasteiger partial charge >= 0.3 is 12.1 Å². The van der Waals surface area contributed by atoms with Crippen LogP contribution < -0.4 is 11.1 Å². The van der Waals surface area contributed by atoms with Gasteiger partial charge in [0.25, 0.3) is 0 Å². The third-order valence-corrected chi connectivity index (χ3v) is 2.48. The molecule has 3 N–H and O–H groups in total. The van der Waals surface area contributed by atoms with Gasteiger partial charge in [-0.15, -0.1) is 0 Å². The maximum absolute atomic E-state index is 12.7. The Bertz CT molecular complexity index is 377. The van der Waals surface area contributed by atoms with E-state index in [0.29, 0.717) is 19.4 Å². The topological polar surface area (TPSA) is 75.4 Å². The normalized spacial score (nSPS) is 14.7. The van der Waals surface area contributed by atoms with Crippen molar-refractivity contribution in [1.82, 2.24) is 10.2 Å². The number of halogens is 1. The largest absolute Gasteiger partial charge is 0.351 e. The molecule has 1 aliphatic carbocycles. The van der Waals surface area contributed by atoms with Crippen LogP contribution in [0.4, 0.5) is 14.0 Å². The molecule has 0 heterocycles. The molecule has 17 heavy (non-hydrogen) atoms. The smallest absolute Gasteiger partial charge is 0.325 e. The summed E-state index contributed by atoms with van der Waals surface area (Å²) >= 11 is 0. The Morgan fingerprint density at radius 2 is 2.18 bits per heavy atom. The molecule has 1 rings (SSSR count). The summed E-state index contributed by atoms with van der Waals surface area (Å²) in [4.78, 5) is 23.3. The second-order valence-corrected chi connectivity index (χ2v) is 3.68. The van der Waals surface area contributed by atoms with Gasteiger partial charge in [-0.25, -0.2) is 18.9 Å². The molecule has 94 valence electrons. The first-order valence-electron chi connectivity index (χ1n) is 5.43. The lowest BCUT2D eigenvalue weighted by molar-refractivity contribution is 0.194. The third kappa shape index (κ3) is 3.90. The molecule has 5 nitrogen and oxygen atoms in total. The monoisotopic (exact) mass is 241 g/mol. The number of urea groups is 2. The van der Waals surface area contributed by atoms with Crippen LogP contribution in [-0.4, -0.2) is 30.1 Å². The van der Waals surface area contributed by atoms with E-state index in [1.807, 2.05) is 0 Å². The predicted octanol–water partition coefficient (Wildman–Crippen LogP) is 1.67. The molecule has 0 atom stereocenters. The number of carbonyl (C=O) groups excluding carboxylic acids is 2. The van der Waals surface area contributed by atoms with Gasteiger partial charge in [0.2, 0.25) is 0 Å². The van der Waals surface area contributed by atoms with E-state index in [1.165, 1.54) is 6.08 Å². The lowest BCUT2D eigenvalue weighted by Crippen LogP contribution is -2.46. The Morgan fingerprint density at radius 3 is 2.65 bits per heavy atom. The molecule has 0 aromatic rings. The van der Waals surface area contributed by atoms with E-state index in [2.05, 4.69) is 5.32 Å². The fourth-order valence-electron chi connectivity index (χ4n) is 1.49. The Labute approximate surface area is 99.1 Å². The van der Waals surface area contributed by atoms with Crippen LogP contribution in [0.25, 0.3) is 0 Å². The summed E-state index contributed by atoms with van der Waals surface area (Å²) in [6, 6.07) is -1.32. The van der Waals surface area contributed by atoms with E-state index in [0.717, 1.165) is 10.5 Å². The number of hydrogen-bond acceptors (Lipinski definition) is 2. The number of rotatable bonds is 3. The van der Waals surface area contributed by atoms with E-state index in [1.54, 1.807) is 13.0 Å². The highest BCUT2D eigenvalue weighted by molar-refractivity contribution is 5.92. The van der Waals surface area contributed by atoms with Crippen molar-refractivity contribution >= 4 is 12.1 Å². The molecule has 0 bridgehead atoms. The fourth-order valence-corrected chi connectivity index (χ4v) is 1.49. The van der Waals surface area contributed by atoms with Crippen LogP contribution in [0.15, 0.2) is 23.6 Å². The molecule has 0 radical (unpaired) electrons. The van der Waals surface area contributed by atoms with Crippen LogP contribution in [0.5, 0.6) is 0 Å². The number of nitrogens with zero attached hydrogens (tertiary/aromatic N) is 1. The van der Waals surface area contributed by atoms with Crippen molar-refractivity contribution in [1.29, 1.82) is 0 Å². The van der Waals surface area contributed by atoms with Gasteiger partial charge in [-0.1, -0.05) is 11.6 Å². The van der Waals surface area contributed by atoms with Gasteiger partial charge in [0.05, 0.1) is 0 Å². The van der Waals surface area contributed by atoms with E-state index in [4.69, 9.17) is 5.73 Å². The van der Waals surface area contributed by atoms with Gasteiger partial charge in [-0.2, -0.15) is 0 Å². The molecule has 0 spiro atoms. The molecule has 0 fully saturated rings. The summed E-state index contributed by atoms with van der Waals surface area (Å²) in [5, 5.41) is 2.57. The minimum absolute atomic E-state index is 0.160. The lowest BCUT2D eigenvalue weighted by Gasteiger charge is -2.18. The quantitative estimate of drug-likeness (QED) is 0.788. The minimum atomic E-state index is -0.784. The molecule has 0 aromatic heterocycles. The van der Waals surface area contributed by atoms with Gasteiger partial charge in [0, 0.05) is 19.5 Å². The van der Waals surface area contributed by atoms with Crippen LogP contribution in [0.1, 0.15) is 19.8 Å². The maximum atomic E-state index is 12.7. The van der Waals surface area contributed by atoms with E-state index in [9.17, 15) is 14.0 Å². The van der Waals surface area contributed by atoms with Crippen molar-refractivity contribution < 1.29 is 14.0 Å². The van der Waals surface area contributed by atoms with E-state index in [-0.39, 0.29) is 12.4 Å². The number of amides is 4. The van der Waals surface area contributed by atoms with Crippen molar-refractivity contribution in [3.8, 4) is 0 Å². The summed E-state index contributed by atoms with van der Waals surface area (Å²) < 4.78 is 12.7. The Hall–Kier alpha value is -1.85.